The number of fused-ring (bicyclic) bond motifs is 1. The lowest BCUT2D eigenvalue weighted by molar-refractivity contribution is 0.0699. The second kappa shape index (κ2) is 3.71. The second-order valence-corrected chi connectivity index (χ2v) is 4.30. The minimum absolute atomic E-state index is 0.300. The minimum Gasteiger partial charge on any atom is -0.478 e. The van der Waals surface area contributed by atoms with E-state index in [-0.39, 0.29) is 0 Å². The smallest absolute Gasteiger partial charge is 0.337 e. The van der Waals surface area contributed by atoms with Gasteiger partial charge in [0.25, 0.3) is 0 Å². The van der Waals surface area contributed by atoms with E-state index in [0.717, 1.165) is 16.7 Å². The SMILES string of the molecule is O=C(O)c1cn(-c2cscn2)c2ccccc12. The van der Waals surface area contributed by atoms with Gasteiger partial charge in [-0.3, -0.25) is 4.57 Å². The first-order valence-corrected chi connectivity index (χ1v) is 5.93. The molecule has 0 fully saturated rings. The van der Waals surface area contributed by atoms with Crippen LogP contribution in [-0.4, -0.2) is 20.6 Å². The van der Waals surface area contributed by atoms with Crippen molar-refractivity contribution in [1.29, 1.82) is 0 Å². The van der Waals surface area contributed by atoms with Gasteiger partial charge in [-0.25, -0.2) is 9.78 Å². The Bertz CT molecular complexity index is 686. The third kappa shape index (κ3) is 1.52. The second-order valence-electron chi connectivity index (χ2n) is 3.58. The number of aromatic carboxylic acids is 1. The lowest BCUT2D eigenvalue weighted by Gasteiger charge is -1.99. The average molecular weight is 244 g/mol. The Labute approximate surface area is 101 Å². The maximum absolute atomic E-state index is 11.2. The summed E-state index contributed by atoms with van der Waals surface area (Å²) >= 11 is 1.48. The van der Waals surface area contributed by atoms with Crippen molar-refractivity contribution in [2.75, 3.05) is 0 Å². The summed E-state index contributed by atoms with van der Waals surface area (Å²) in [6.07, 6.45) is 1.61. The standard InChI is InChI=1S/C12H8N2O2S/c15-12(16)9-5-14(11-6-17-7-13-11)10-4-2-1-3-8(9)10/h1-7H,(H,15,16). The monoisotopic (exact) mass is 244 g/mol. The van der Waals surface area contributed by atoms with Crippen LogP contribution in [0.5, 0.6) is 0 Å². The van der Waals surface area contributed by atoms with Gasteiger partial charge in [-0.15, -0.1) is 11.3 Å². The molecule has 5 heteroatoms. The molecule has 0 amide bonds. The van der Waals surface area contributed by atoms with Crippen LogP contribution in [0.15, 0.2) is 41.4 Å². The molecule has 2 aromatic heterocycles. The minimum atomic E-state index is -0.921. The molecular formula is C12H8N2O2S. The summed E-state index contributed by atoms with van der Waals surface area (Å²) in [6.45, 7) is 0. The molecule has 0 saturated heterocycles. The van der Waals surface area contributed by atoms with Gasteiger partial charge >= 0.3 is 5.97 Å². The molecule has 2 heterocycles. The molecule has 0 atom stereocenters. The first kappa shape index (κ1) is 10.0. The number of nitrogens with zero attached hydrogens (tertiary/aromatic N) is 2. The van der Waals surface area contributed by atoms with Crippen molar-refractivity contribution in [2.45, 2.75) is 0 Å². The zero-order valence-corrected chi connectivity index (χ0v) is 9.52. The number of carboxylic acid groups (broad SMARTS) is 1. The van der Waals surface area contributed by atoms with Crippen LogP contribution >= 0.6 is 11.3 Å². The van der Waals surface area contributed by atoms with Gasteiger partial charge in [-0.1, -0.05) is 18.2 Å². The van der Waals surface area contributed by atoms with E-state index >= 15 is 0 Å². The van der Waals surface area contributed by atoms with Gasteiger partial charge in [0.2, 0.25) is 0 Å². The van der Waals surface area contributed by atoms with Crippen molar-refractivity contribution in [2.24, 2.45) is 0 Å². The molecule has 84 valence electrons. The first-order chi connectivity index (χ1) is 8.27. The van der Waals surface area contributed by atoms with Gasteiger partial charge in [-0.2, -0.15) is 0 Å². The average Bonchev–Trinajstić information content (AvgIpc) is 2.95. The van der Waals surface area contributed by atoms with Crippen LogP contribution in [0.2, 0.25) is 0 Å². The summed E-state index contributed by atoms with van der Waals surface area (Å²) < 4.78 is 1.80. The summed E-state index contributed by atoms with van der Waals surface area (Å²) in [5.74, 6) is -0.172. The maximum Gasteiger partial charge on any atom is 0.337 e. The molecule has 0 radical (unpaired) electrons. The van der Waals surface area contributed by atoms with Gasteiger partial charge in [0, 0.05) is 17.0 Å². The van der Waals surface area contributed by atoms with E-state index in [1.165, 1.54) is 11.3 Å². The van der Waals surface area contributed by atoms with Crippen LogP contribution < -0.4 is 0 Å². The molecule has 0 spiro atoms. The first-order valence-electron chi connectivity index (χ1n) is 4.99. The van der Waals surface area contributed by atoms with Crippen LogP contribution in [0.1, 0.15) is 10.4 Å². The number of thiazole rings is 1. The predicted molar refractivity (Wildman–Crippen MR) is 65.9 cm³/mol. The highest BCUT2D eigenvalue weighted by molar-refractivity contribution is 7.07. The molecule has 1 aromatic carbocycles. The van der Waals surface area contributed by atoms with Crippen LogP contribution in [0, 0.1) is 0 Å². The molecule has 0 unspecified atom stereocenters. The van der Waals surface area contributed by atoms with Crippen molar-refractivity contribution in [1.82, 2.24) is 9.55 Å². The van der Waals surface area contributed by atoms with Crippen LogP contribution in [0.4, 0.5) is 0 Å². The lowest BCUT2D eigenvalue weighted by Crippen LogP contribution is -1.94. The van der Waals surface area contributed by atoms with Crippen LogP contribution in [0.25, 0.3) is 16.7 Å². The van der Waals surface area contributed by atoms with E-state index in [4.69, 9.17) is 5.11 Å². The van der Waals surface area contributed by atoms with Crippen LogP contribution in [-0.2, 0) is 0 Å². The predicted octanol–water partition coefficient (Wildman–Crippen LogP) is 2.79. The number of rotatable bonds is 2. The highest BCUT2D eigenvalue weighted by atomic mass is 32.1. The Balaban J connectivity index is 2.37. The Morgan fingerprint density at radius 3 is 2.88 bits per heavy atom. The number of carboxylic acids is 1. The Morgan fingerprint density at radius 2 is 2.18 bits per heavy atom. The lowest BCUT2D eigenvalue weighted by atomic mass is 10.2. The van der Waals surface area contributed by atoms with Crippen molar-refractivity contribution in [3.05, 3.63) is 46.9 Å². The van der Waals surface area contributed by atoms with E-state index in [2.05, 4.69) is 4.98 Å². The largest absolute Gasteiger partial charge is 0.478 e. The zero-order valence-electron chi connectivity index (χ0n) is 8.70. The molecule has 0 saturated carbocycles. The Morgan fingerprint density at radius 1 is 1.35 bits per heavy atom. The topological polar surface area (TPSA) is 55.1 Å². The molecule has 17 heavy (non-hydrogen) atoms. The Hall–Kier alpha value is -2.14. The van der Waals surface area contributed by atoms with Crippen molar-refractivity contribution < 1.29 is 9.90 Å². The third-order valence-electron chi connectivity index (χ3n) is 2.61. The quantitative estimate of drug-likeness (QED) is 0.754. The van der Waals surface area contributed by atoms with E-state index in [0.29, 0.717) is 5.56 Å². The van der Waals surface area contributed by atoms with E-state index < -0.39 is 5.97 Å². The number of carbonyl (C=O) groups is 1. The molecule has 0 bridgehead atoms. The van der Waals surface area contributed by atoms with Crippen molar-refractivity contribution in [3.8, 4) is 5.82 Å². The molecule has 0 aliphatic heterocycles. The van der Waals surface area contributed by atoms with E-state index in [1.54, 1.807) is 16.3 Å². The normalized spacial score (nSPS) is 10.8. The molecule has 1 N–H and O–H groups in total. The fraction of sp³-hybridized carbons (Fsp3) is 0. The summed E-state index contributed by atoms with van der Waals surface area (Å²) in [7, 11) is 0. The van der Waals surface area contributed by atoms with Crippen molar-refractivity contribution in [3.63, 3.8) is 0 Å². The fourth-order valence-corrected chi connectivity index (χ4v) is 2.39. The molecule has 4 nitrogen and oxygen atoms in total. The molecular weight excluding hydrogens is 236 g/mol. The van der Waals surface area contributed by atoms with E-state index in [1.807, 2.05) is 29.6 Å². The Kier molecular flexibility index (Phi) is 2.19. The maximum atomic E-state index is 11.2. The van der Waals surface area contributed by atoms with Gasteiger partial charge in [-0.05, 0) is 6.07 Å². The van der Waals surface area contributed by atoms with Gasteiger partial charge in [0.15, 0.2) is 0 Å². The molecule has 0 aliphatic carbocycles. The highest BCUT2D eigenvalue weighted by Crippen LogP contribution is 2.24. The highest BCUT2D eigenvalue weighted by Gasteiger charge is 2.14. The summed E-state index contributed by atoms with van der Waals surface area (Å²) in [5, 5.41) is 11.8. The zero-order chi connectivity index (χ0) is 11.8. The molecule has 0 aliphatic rings. The van der Waals surface area contributed by atoms with Crippen LogP contribution in [0.3, 0.4) is 0 Å². The molecule has 3 rings (SSSR count). The van der Waals surface area contributed by atoms with Gasteiger partial charge in [0.1, 0.15) is 5.82 Å². The van der Waals surface area contributed by atoms with Crippen molar-refractivity contribution >= 4 is 28.2 Å². The number of hydrogen-bond donors (Lipinski definition) is 1. The number of hydrogen-bond acceptors (Lipinski definition) is 3. The fourth-order valence-electron chi connectivity index (χ4n) is 1.86. The number of para-hydroxylation sites is 1. The number of aromatic nitrogens is 2. The van der Waals surface area contributed by atoms with Gasteiger partial charge in [0.05, 0.1) is 16.6 Å². The summed E-state index contributed by atoms with van der Waals surface area (Å²) in [6, 6.07) is 7.42. The third-order valence-corrected chi connectivity index (χ3v) is 3.18. The summed E-state index contributed by atoms with van der Waals surface area (Å²) in [5.41, 5.74) is 2.88. The van der Waals surface area contributed by atoms with Gasteiger partial charge < -0.3 is 5.11 Å². The molecule has 3 aromatic rings. The van der Waals surface area contributed by atoms with E-state index in [9.17, 15) is 4.79 Å². The number of benzene rings is 1. The summed E-state index contributed by atoms with van der Waals surface area (Å²) in [4.78, 5) is 15.4.